The molecule has 1 aromatic carbocycles. The molecule has 0 bridgehead atoms. The molecule has 78 valence electrons. The normalized spacial score (nSPS) is 10.5. The Labute approximate surface area is 92.1 Å². The van der Waals surface area contributed by atoms with E-state index in [1.54, 1.807) is 0 Å². The summed E-state index contributed by atoms with van der Waals surface area (Å²) < 4.78 is 5.06. The first-order chi connectivity index (χ1) is 7.28. The predicted molar refractivity (Wildman–Crippen MR) is 56.4 cm³/mol. The number of nitrogens with two attached hydrogens (primary N) is 1. The molecule has 2 N–H and O–H groups in total. The molecular formula is C10H10ClN3O. The topological polar surface area (TPSA) is 64.9 Å². The van der Waals surface area contributed by atoms with Crippen molar-refractivity contribution in [1.29, 1.82) is 0 Å². The van der Waals surface area contributed by atoms with Gasteiger partial charge in [-0.2, -0.15) is 0 Å². The van der Waals surface area contributed by atoms with Crippen LogP contribution in [0.15, 0.2) is 28.7 Å². The summed E-state index contributed by atoms with van der Waals surface area (Å²) in [6.45, 7) is 0.548. The summed E-state index contributed by atoms with van der Waals surface area (Å²) in [5.41, 5.74) is 7.69. The van der Waals surface area contributed by atoms with E-state index >= 15 is 0 Å². The van der Waals surface area contributed by atoms with Crippen molar-refractivity contribution in [3.8, 4) is 0 Å². The fourth-order valence-electron chi connectivity index (χ4n) is 1.27. The molecule has 1 heterocycles. The van der Waals surface area contributed by atoms with E-state index in [-0.39, 0.29) is 5.35 Å². The molecule has 0 spiro atoms. The van der Waals surface area contributed by atoms with Crippen LogP contribution in [0.3, 0.4) is 0 Å². The maximum absolute atomic E-state index is 5.52. The number of halogens is 1. The Hall–Kier alpha value is -1.39. The lowest BCUT2D eigenvalue weighted by molar-refractivity contribution is 0.507. The zero-order valence-electron chi connectivity index (χ0n) is 7.98. The van der Waals surface area contributed by atoms with Gasteiger partial charge in [0.05, 0.1) is 6.42 Å². The summed E-state index contributed by atoms with van der Waals surface area (Å²) in [6, 6.07) is 7.93. The number of aromatic nitrogens is 2. The minimum atomic E-state index is 0.0728. The molecule has 0 radical (unpaired) electrons. The van der Waals surface area contributed by atoms with Gasteiger partial charge in [0.2, 0.25) is 5.89 Å². The van der Waals surface area contributed by atoms with E-state index in [1.807, 2.05) is 24.3 Å². The Morgan fingerprint density at radius 3 is 2.33 bits per heavy atom. The van der Waals surface area contributed by atoms with Crippen LogP contribution in [0.25, 0.3) is 0 Å². The van der Waals surface area contributed by atoms with Crippen molar-refractivity contribution in [3.63, 3.8) is 0 Å². The minimum Gasteiger partial charge on any atom is -0.412 e. The quantitative estimate of drug-likeness (QED) is 0.862. The van der Waals surface area contributed by atoms with Gasteiger partial charge in [0, 0.05) is 6.54 Å². The van der Waals surface area contributed by atoms with Crippen LogP contribution in [-0.4, -0.2) is 10.2 Å². The van der Waals surface area contributed by atoms with E-state index in [9.17, 15) is 0 Å². The third-order valence-corrected chi connectivity index (χ3v) is 2.21. The molecule has 0 aliphatic carbocycles. The second-order valence-electron chi connectivity index (χ2n) is 3.15. The largest absolute Gasteiger partial charge is 0.412 e. The number of rotatable bonds is 3. The third kappa shape index (κ3) is 2.55. The van der Waals surface area contributed by atoms with Gasteiger partial charge in [-0.15, -0.1) is 5.10 Å². The Morgan fingerprint density at radius 1 is 1.13 bits per heavy atom. The average molecular weight is 224 g/mol. The van der Waals surface area contributed by atoms with Crippen molar-refractivity contribution in [2.75, 3.05) is 0 Å². The van der Waals surface area contributed by atoms with Gasteiger partial charge < -0.3 is 10.2 Å². The molecule has 5 heteroatoms. The van der Waals surface area contributed by atoms with Crippen LogP contribution in [0.1, 0.15) is 17.0 Å². The van der Waals surface area contributed by atoms with Crippen LogP contribution in [0, 0.1) is 0 Å². The standard InChI is InChI=1S/C10H10ClN3O/c11-10-14-13-9(15-10)5-7-1-3-8(6-12)4-2-7/h1-4H,5-6,12H2. The first kappa shape index (κ1) is 10.1. The summed E-state index contributed by atoms with van der Waals surface area (Å²) in [5.74, 6) is 0.514. The average Bonchev–Trinajstić information content (AvgIpc) is 2.65. The molecule has 4 nitrogen and oxygen atoms in total. The molecule has 0 atom stereocenters. The van der Waals surface area contributed by atoms with Crippen LogP contribution in [0.4, 0.5) is 0 Å². The molecule has 0 unspecified atom stereocenters. The second kappa shape index (κ2) is 4.42. The highest BCUT2D eigenvalue weighted by atomic mass is 35.5. The number of benzene rings is 1. The maximum Gasteiger partial charge on any atom is 0.312 e. The lowest BCUT2D eigenvalue weighted by Gasteiger charge is -1.99. The first-order valence-corrected chi connectivity index (χ1v) is 4.91. The van der Waals surface area contributed by atoms with Gasteiger partial charge in [0.25, 0.3) is 0 Å². The highest BCUT2D eigenvalue weighted by molar-refractivity contribution is 6.27. The molecule has 0 saturated heterocycles. The number of hydrogen-bond donors (Lipinski definition) is 1. The summed E-state index contributed by atoms with van der Waals surface area (Å²) in [7, 11) is 0. The number of hydrogen-bond acceptors (Lipinski definition) is 4. The molecule has 0 amide bonds. The molecule has 0 aliphatic rings. The second-order valence-corrected chi connectivity index (χ2v) is 3.47. The Morgan fingerprint density at radius 2 is 1.80 bits per heavy atom. The van der Waals surface area contributed by atoms with E-state index in [4.69, 9.17) is 21.8 Å². The molecule has 0 fully saturated rings. The smallest absolute Gasteiger partial charge is 0.312 e. The minimum absolute atomic E-state index is 0.0728. The summed E-state index contributed by atoms with van der Waals surface area (Å²) in [6.07, 6.45) is 0.588. The maximum atomic E-state index is 5.52. The molecule has 0 aliphatic heterocycles. The van der Waals surface area contributed by atoms with Crippen molar-refractivity contribution < 1.29 is 4.42 Å². The van der Waals surface area contributed by atoms with Gasteiger partial charge in [-0.1, -0.05) is 29.4 Å². The molecule has 15 heavy (non-hydrogen) atoms. The lowest BCUT2D eigenvalue weighted by atomic mass is 10.1. The Balaban J connectivity index is 2.11. The van der Waals surface area contributed by atoms with Gasteiger partial charge in [-0.3, -0.25) is 0 Å². The van der Waals surface area contributed by atoms with Crippen LogP contribution in [-0.2, 0) is 13.0 Å². The highest BCUT2D eigenvalue weighted by Gasteiger charge is 2.04. The van der Waals surface area contributed by atoms with E-state index in [0.717, 1.165) is 11.1 Å². The van der Waals surface area contributed by atoms with Crippen molar-refractivity contribution in [1.82, 2.24) is 10.2 Å². The van der Waals surface area contributed by atoms with E-state index < -0.39 is 0 Å². The Bertz CT molecular complexity index is 438. The van der Waals surface area contributed by atoms with Crippen molar-refractivity contribution in [2.24, 2.45) is 5.73 Å². The Kier molecular flexibility index (Phi) is 2.99. The van der Waals surface area contributed by atoms with Gasteiger partial charge >= 0.3 is 5.35 Å². The zero-order chi connectivity index (χ0) is 10.7. The number of nitrogens with zero attached hydrogens (tertiary/aromatic N) is 2. The molecule has 2 rings (SSSR count). The monoisotopic (exact) mass is 223 g/mol. The van der Waals surface area contributed by atoms with Crippen LogP contribution >= 0.6 is 11.6 Å². The van der Waals surface area contributed by atoms with E-state index in [2.05, 4.69) is 10.2 Å². The van der Waals surface area contributed by atoms with Gasteiger partial charge in [0.1, 0.15) is 0 Å². The fraction of sp³-hybridized carbons (Fsp3) is 0.200. The molecular weight excluding hydrogens is 214 g/mol. The van der Waals surface area contributed by atoms with Crippen molar-refractivity contribution in [3.05, 3.63) is 46.6 Å². The van der Waals surface area contributed by atoms with E-state index in [0.29, 0.717) is 18.9 Å². The van der Waals surface area contributed by atoms with Crippen LogP contribution in [0.2, 0.25) is 5.35 Å². The van der Waals surface area contributed by atoms with Crippen molar-refractivity contribution >= 4 is 11.6 Å². The summed E-state index contributed by atoms with van der Waals surface area (Å²) in [5, 5.41) is 7.43. The van der Waals surface area contributed by atoms with Gasteiger partial charge in [0.15, 0.2) is 0 Å². The van der Waals surface area contributed by atoms with Crippen LogP contribution < -0.4 is 5.73 Å². The fourth-order valence-corrected chi connectivity index (χ4v) is 1.40. The van der Waals surface area contributed by atoms with Gasteiger partial charge in [-0.25, -0.2) is 0 Å². The SMILES string of the molecule is NCc1ccc(Cc2nnc(Cl)o2)cc1. The molecule has 1 aromatic heterocycles. The highest BCUT2D eigenvalue weighted by Crippen LogP contribution is 2.11. The zero-order valence-corrected chi connectivity index (χ0v) is 8.74. The van der Waals surface area contributed by atoms with Gasteiger partial charge in [-0.05, 0) is 22.7 Å². The third-order valence-electron chi connectivity index (χ3n) is 2.06. The summed E-state index contributed by atoms with van der Waals surface area (Å²) in [4.78, 5) is 0. The lowest BCUT2D eigenvalue weighted by Crippen LogP contribution is -1.96. The molecule has 2 aromatic rings. The van der Waals surface area contributed by atoms with Crippen molar-refractivity contribution in [2.45, 2.75) is 13.0 Å². The predicted octanol–water partition coefficient (Wildman–Crippen LogP) is 1.77. The molecule has 0 saturated carbocycles. The summed E-state index contributed by atoms with van der Waals surface area (Å²) >= 11 is 5.52. The first-order valence-electron chi connectivity index (χ1n) is 4.53. The van der Waals surface area contributed by atoms with Crippen LogP contribution in [0.5, 0.6) is 0 Å². The van der Waals surface area contributed by atoms with E-state index in [1.165, 1.54) is 0 Å².